The minimum absolute atomic E-state index is 0.111. The van der Waals surface area contributed by atoms with Gasteiger partial charge in [0.2, 0.25) is 5.91 Å². The van der Waals surface area contributed by atoms with Crippen LogP contribution >= 0.6 is 0 Å². The van der Waals surface area contributed by atoms with E-state index in [0.717, 1.165) is 16.0 Å². The molecule has 1 aliphatic rings. The summed E-state index contributed by atoms with van der Waals surface area (Å²) in [6, 6.07) is 17.8. The number of methoxy groups -OCH3 is 1. The number of carbonyl (C=O) groups excluding carboxylic acids is 3. The highest BCUT2D eigenvalue weighted by Gasteiger charge is 2.50. The minimum Gasteiger partial charge on any atom is -0.452 e. The van der Waals surface area contributed by atoms with Crippen LogP contribution in [-0.2, 0) is 26.3 Å². The summed E-state index contributed by atoms with van der Waals surface area (Å²) in [5.41, 5.74) is 13.2. The van der Waals surface area contributed by atoms with Gasteiger partial charge in [-0.25, -0.2) is 14.7 Å². The molecule has 0 radical (unpaired) electrons. The monoisotopic (exact) mass is 535 g/mol. The predicted octanol–water partition coefficient (Wildman–Crippen LogP) is 3.81. The van der Waals surface area contributed by atoms with Gasteiger partial charge in [-0.1, -0.05) is 81.4 Å². The van der Waals surface area contributed by atoms with E-state index in [0.29, 0.717) is 32.1 Å². The van der Waals surface area contributed by atoms with Crippen LogP contribution in [0, 0.1) is 5.92 Å². The van der Waals surface area contributed by atoms with Crippen LogP contribution in [0.4, 0.5) is 4.79 Å². The van der Waals surface area contributed by atoms with E-state index < -0.39 is 23.6 Å². The van der Waals surface area contributed by atoms with Crippen molar-refractivity contribution in [3.05, 3.63) is 71.8 Å². The molecule has 0 spiro atoms. The summed E-state index contributed by atoms with van der Waals surface area (Å²) in [7, 11) is 1.23. The van der Waals surface area contributed by atoms with Gasteiger partial charge in [0, 0.05) is 12.6 Å². The lowest BCUT2D eigenvalue weighted by Gasteiger charge is -2.32. The molecule has 0 aliphatic carbocycles. The lowest BCUT2D eigenvalue weighted by Crippen LogP contribution is -2.50. The summed E-state index contributed by atoms with van der Waals surface area (Å²) in [6.07, 6.45) is 1.67. The van der Waals surface area contributed by atoms with E-state index in [-0.39, 0.29) is 30.4 Å². The highest BCUT2D eigenvalue weighted by Crippen LogP contribution is 2.40. The van der Waals surface area contributed by atoms with Crippen LogP contribution in [0.15, 0.2) is 65.7 Å². The van der Waals surface area contributed by atoms with Gasteiger partial charge in [0.15, 0.2) is 11.5 Å². The van der Waals surface area contributed by atoms with Crippen molar-refractivity contribution in [2.45, 2.75) is 70.5 Å². The summed E-state index contributed by atoms with van der Waals surface area (Å²) >= 11 is 0. The maximum absolute atomic E-state index is 14.0. The number of rotatable bonds is 12. The summed E-state index contributed by atoms with van der Waals surface area (Å²) in [5.74, 6) is -0.234. The zero-order valence-electron chi connectivity index (χ0n) is 23.4. The van der Waals surface area contributed by atoms with E-state index in [4.69, 9.17) is 21.2 Å². The van der Waals surface area contributed by atoms with Crippen molar-refractivity contribution in [1.82, 2.24) is 9.80 Å². The topological polar surface area (TPSA) is 131 Å². The molecule has 9 nitrogen and oxygen atoms in total. The van der Waals surface area contributed by atoms with Crippen LogP contribution in [0.5, 0.6) is 0 Å². The summed E-state index contributed by atoms with van der Waals surface area (Å²) in [4.78, 5) is 47.0. The van der Waals surface area contributed by atoms with Crippen LogP contribution < -0.4 is 11.5 Å². The molecule has 0 bridgehead atoms. The first kappa shape index (κ1) is 29.8. The lowest BCUT2D eigenvalue weighted by atomic mass is 9.82. The van der Waals surface area contributed by atoms with E-state index in [1.54, 1.807) is 4.90 Å². The normalized spacial score (nSPS) is 18.6. The van der Waals surface area contributed by atoms with Crippen molar-refractivity contribution in [2.24, 2.45) is 22.4 Å². The Labute approximate surface area is 231 Å². The van der Waals surface area contributed by atoms with Crippen molar-refractivity contribution in [3.8, 4) is 0 Å². The fourth-order valence-electron chi connectivity index (χ4n) is 5.25. The number of nitrogens with two attached hydrogens (primary N) is 2. The summed E-state index contributed by atoms with van der Waals surface area (Å²) in [5, 5.41) is 0. The molecule has 0 fully saturated rings. The number of imide groups is 1. The second-order valence-corrected chi connectivity index (χ2v) is 10.4. The van der Waals surface area contributed by atoms with Crippen molar-refractivity contribution < 1.29 is 19.1 Å². The maximum Gasteiger partial charge on any atom is 0.416 e. The molecule has 210 valence electrons. The Balaban J connectivity index is 1.72. The molecule has 1 heterocycles. The molecule has 0 aromatic heterocycles. The predicted molar refractivity (Wildman–Crippen MR) is 152 cm³/mol. The largest absolute Gasteiger partial charge is 0.452 e. The maximum atomic E-state index is 14.0. The van der Waals surface area contributed by atoms with Crippen molar-refractivity contribution >= 4 is 23.9 Å². The molecule has 2 aromatic carbocycles. The second-order valence-electron chi connectivity index (χ2n) is 10.4. The minimum atomic E-state index is -1.06. The van der Waals surface area contributed by atoms with Crippen LogP contribution in [-0.4, -0.2) is 59.4 Å². The van der Waals surface area contributed by atoms with Crippen LogP contribution in [0.3, 0.4) is 0 Å². The quantitative estimate of drug-likeness (QED) is 0.425. The van der Waals surface area contributed by atoms with Gasteiger partial charge >= 0.3 is 6.09 Å². The lowest BCUT2D eigenvalue weighted by molar-refractivity contribution is -0.134. The number of hydrogen-bond donors (Lipinski definition) is 2. The summed E-state index contributed by atoms with van der Waals surface area (Å²) in [6.45, 7) is 6.21. The Kier molecular flexibility index (Phi) is 10.2. The number of nitrogens with zero attached hydrogens (tertiary/aromatic N) is 3. The van der Waals surface area contributed by atoms with Crippen LogP contribution in [0.1, 0.15) is 57.6 Å². The Bertz CT molecular complexity index is 1150. The highest BCUT2D eigenvalue weighted by atomic mass is 16.5. The third kappa shape index (κ3) is 6.84. The molecule has 9 heteroatoms. The van der Waals surface area contributed by atoms with Gasteiger partial charge in [0.05, 0.1) is 13.2 Å². The number of guanidine groups is 1. The average Bonchev–Trinajstić information content (AvgIpc) is 3.18. The van der Waals surface area contributed by atoms with Gasteiger partial charge in [0.25, 0.3) is 5.91 Å². The van der Waals surface area contributed by atoms with Gasteiger partial charge < -0.3 is 16.2 Å². The molecule has 2 aromatic rings. The van der Waals surface area contributed by atoms with Gasteiger partial charge in [-0.3, -0.25) is 14.5 Å². The van der Waals surface area contributed by atoms with Crippen molar-refractivity contribution in [1.29, 1.82) is 0 Å². The zero-order chi connectivity index (χ0) is 28.6. The number of benzene rings is 2. The first-order valence-electron chi connectivity index (χ1n) is 13.6. The van der Waals surface area contributed by atoms with Gasteiger partial charge in [-0.15, -0.1) is 0 Å². The molecule has 1 aliphatic heterocycles. The Morgan fingerprint density at radius 1 is 1.08 bits per heavy atom. The standard InChI is InChI=1S/C30H41N5O4/c1-5-24(35-27(37)30(20-21(2)3,33-28(35)32)23-15-10-7-11-16-23)17-12-18-34(29(38)39-4)26(36)25(31)19-22-13-8-6-9-14-22/h6-11,13-16,21,24-25H,5,12,17-20,31H2,1-4H3,(H2,32,33)/t24-,25+,30-/m1/s1. The molecule has 3 atom stereocenters. The zero-order valence-corrected chi connectivity index (χ0v) is 23.4. The Morgan fingerprint density at radius 2 is 1.69 bits per heavy atom. The molecule has 3 amide bonds. The molecule has 4 N–H and O–H groups in total. The highest BCUT2D eigenvalue weighted by molar-refractivity contribution is 6.07. The second kappa shape index (κ2) is 13.4. The molecular weight excluding hydrogens is 494 g/mol. The van der Waals surface area contributed by atoms with Gasteiger partial charge in [-0.05, 0) is 49.1 Å². The van der Waals surface area contributed by atoms with Crippen LogP contribution in [0.2, 0.25) is 0 Å². The molecule has 39 heavy (non-hydrogen) atoms. The fraction of sp³-hybridized carbons (Fsp3) is 0.467. The third-order valence-electron chi connectivity index (χ3n) is 7.11. The molecular formula is C30H41N5O4. The number of carbonyl (C=O) groups is 3. The number of hydrogen-bond acceptors (Lipinski definition) is 7. The Morgan fingerprint density at radius 3 is 2.26 bits per heavy atom. The molecule has 0 saturated heterocycles. The van der Waals surface area contributed by atoms with Gasteiger partial charge in [-0.2, -0.15) is 0 Å². The molecule has 3 rings (SSSR count). The number of amides is 3. The first-order valence-corrected chi connectivity index (χ1v) is 13.6. The van der Waals surface area contributed by atoms with Crippen molar-refractivity contribution in [3.63, 3.8) is 0 Å². The Hall–Kier alpha value is -3.72. The van der Waals surface area contributed by atoms with E-state index in [1.807, 2.05) is 67.6 Å². The van der Waals surface area contributed by atoms with Crippen molar-refractivity contribution in [2.75, 3.05) is 13.7 Å². The first-order chi connectivity index (χ1) is 18.6. The van der Waals surface area contributed by atoms with E-state index in [9.17, 15) is 14.4 Å². The number of ether oxygens (including phenoxy) is 1. The van der Waals surface area contributed by atoms with E-state index in [1.165, 1.54) is 7.11 Å². The SMILES string of the molecule is CC[C@H](CCCN(C(=O)OC)C(=O)[C@@H](N)Cc1ccccc1)N1C(=O)[C@@](CC(C)C)(c2ccccc2)N=C1N. The van der Waals surface area contributed by atoms with Crippen LogP contribution in [0.25, 0.3) is 0 Å². The average molecular weight is 536 g/mol. The van der Waals surface area contributed by atoms with Gasteiger partial charge in [0.1, 0.15) is 0 Å². The summed E-state index contributed by atoms with van der Waals surface area (Å²) < 4.78 is 4.87. The van der Waals surface area contributed by atoms with E-state index >= 15 is 0 Å². The smallest absolute Gasteiger partial charge is 0.416 e. The number of aliphatic imine (C=N–C) groups is 1. The third-order valence-corrected chi connectivity index (χ3v) is 7.11. The fourth-order valence-corrected chi connectivity index (χ4v) is 5.25. The molecule has 0 unspecified atom stereocenters. The van der Waals surface area contributed by atoms with E-state index in [2.05, 4.69) is 13.8 Å². The molecule has 0 saturated carbocycles.